The molecule has 0 aromatic heterocycles. The number of nitrogens with zero attached hydrogens (tertiary/aromatic N) is 1. The highest BCUT2D eigenvalue weighted by molar-refractivity contribution is 5.77. The molecule has 0 radical (unpaired) electrons. The van der Waals surface area contributed by atoms with Crippen molar-refractivity contribution in [3.8, 4) is 0 Å². The van der Waals surface area contributed by atoms with Gasteiger partial charge in [-0.25, -0.2) is 4.39 Å². The summed E-state index contributed by atoms with van der Waals surface area (Å²) in [6, 6.07) is 6.57. The molecule has 1 amide bonds. The number of carbonyl (C=O) groups is 1. The highest BCUT2D eigenvalue weighted by atomic mass is 19.1. The number of hydrogen-bond donors (Lipinski definition) is 0. The molecule has 1 aliphatic heterocycles. The summed E-state index contributed by atoms with van der Waals surface area (Å²) in [4.78, 5) is 14.2. The van der Waals surface area contributed by atoms with Gasteiger partial charge in [0.2, 0.25) is 5.91 Å². The molecule has 0 N–H and O–H groups in total. The summed E-state index contributed by atoms with van der Waals surface area (Å²) in [6.07, 6.45) is 1.36. The van der Waals surface area contributed by atoms with Crippen LogP contribution in [0.4, 0.5) is 4.39 Å². The first-order valence-electron chi connectivity index (χ1n) is 7.26. The molecule has 2 atom stereocenters. The first-order valence-corrected chi connectivity index (χ1v) is 7.26. The maximum atomic E-state index is 13.4. The summed E-state index contributed by atoms with van der Waals surface area (Å²) in [7, 11) is 0. The molecule has 0 aliphatic carbocycles. The molecule has 4 heteroatoms. The molecule has 1 aliphatic rings. The molecule has 1 aromatic carbocycles. The van der Waals surface area contributed by atoms with E-state index in [1.807, 2.05) is 17.9 Å². The molecule has 1 fully saturated rings. The smallest absolute Gasteiger partial charge is 0.225 e. The van der Waals surface area contributed by atoms with Gasteiger partial charge in [0, 0.05) is 13.2 Å². The molecule has 1 saturated heterocycles. The molecule has 110 valence electrons. The molecule has 0 saturated carbocycles. The van der Waals surface area contributed by atoms with E-state index in [-0.39, 0.29) is 17.8 Å². The van der Waals surface area contributed by atoms with Crippen LogP contribution in [0.1, 0.15) is 38.3 Å². The van der Waals surface area contributed by atoms with Crippen LogP contribution in [0.5, 0.6) is 0 Å². The molecule has 1 heterocycles. The summed E-state index contributed by atoms with van der Waals surface area (Å²) in [5.74, 6) is 0.202. The summed E-state index contributed by atoms with van der Waals surface area (Å²) in [6.45, 7) is 5.85. The third kappa shape index (κ3) is 3.37. The fourth-order valence-electron chi connectivity index (χ4n) is 2.87. The van der Waals surface area contributed by atoms with Crippen LogP contribution < -0.4 is 0 Å². The highest BCUT2D eigenvalue weighted by Gasteiger charge is 2.35. The first kappa shape index (κ1) is 15.0. The van der Waals surface area contributed by atoms with Gasteiger partial charge in [-0.15, -0.1) is 0 Å². The van der Waals surface area contributed by atoms with E-state index in [0.717, 1.165) is 18.5 Å². The van der Waals surface area contributed by atoms with E-state index >= 15 is 0 Å². The van der Waals surface area contributed by atoms with Crippen LogP contribution in [-0.4, -0.2) is 30.6 Å². The van der Waals surface area contributed by atoms with Crippen molar-refractivity contribution in [2.24, 2.45) is 5.92 Å². The van der Waals surface area contributed by atoms with Crippen LogP contribution in [0.2, 0.25) is 0 Å². The SMILES string of the molecule is CCOCCC(=O)N1CC[C@@H](C)[C@@H]1c1cccc(F)c1. The van der Waals surface area contributed by atoms with E-state index in [1.165, 1.54) is 12.1 Å². The number of rotatable bonds is 5. The minimum atomic E-state index is -0.247. The molecule has 3 nitrogen and oxygen atoms in total. The van der Waals surface area contributed by atoms with Crippen molar-refractivity contribution in [3.63, 3.8) is 0 Å². The molecule has 1 aromatic rings. The molecule has 0 unspecified atom stereocenters. The van der Waals surface area contributed by atoms with Crippen molar-refractivity contribution in [2.45, 2.75) is 32.7 Å². The van der Waals surface area contributed by atoms with Gasteiger partial charge in [0.15, 0.2) is 0 Å². The van der Waals surface area contributed by atoms with Crippen LogP contribution in [0.3, 0.4) is 0 Å². The zero-order valence-electron chi connectivity index (χ0n) is 12.1. The Morgan fingerprint density at radius 3 is 3.00 bits per heavy atom. The number of halogens is 1. The Morgan fingerprint density at radius 1 is 1.50 bits per heavy atom. The van der Waals surface area contributed by atoms with Gasteiger partial charge in [0.25, 0.3) is 0 Å². The Labute approximate surface area is 119 Å². The first-order chi connectivity index (χ1) is 9.63. The highest BCUT2D eigenvalue weighted by Crippen LogP contribution is 2.37. The summed E-state index contributed by atoms with van der Waals surface area (Å²) in [5.41, 5.74) is 0.889. The van der Waals surface area contributed by atoms with Gasteiger partial charge in [-0.3, -0.25) is 4.79 Å². The van der Waals surface area contributed by atoms with Gasteiger partial charge in [-0.2, -0.15) is 0 Å². The summed E-state index contributed by atoms with van der Waals surface area (Å²) < 4.78 is 18.6. The maximum absolute atomic E-state index is 13.4. The third-order valence-corrected chi connectivity index (χ3v) is 3.88. The van der Waals surface area contributed by atoms with E-state index in [9.17, 15) is 9.18 Å². The molecule has 20 heavy (non-hydrogen) atoms. The zero-order chi connectivity index (χ0) is 14.5. The van der Waals surface area contributed by atoms with Crippen LogP contribution in [0.25, 0.3) is 0 Å². The number of ether oxygens (including phenoxy) is 1. The minimum Gasteiger partial charge on any atom is -0.381 e. The minimum absolute atomic E-state index is 0.0140. The van der Waals surface area contributed by atoms with Crippen LogP contribution >= 0.6 is 0 Å². The Balaban J connectivity index is 2.10. The van der Waals surface area contributed by atoms with E-state index in [1.54, 1.807) is 6.07 Å². The van der Waals surface area contributed by atoms with Crippen molar-refractivity contribution in [2.75, 3.05) is 19.8 Å². The predicted octanol–water partition coefficient (Wildman–Crippen LogP) is 3.16. The molecule has 0 bridgehead atoms. The standard InChI is InChI=1S/C16H22FNO2/c1-3-20-10-8-15(19)18-9-7-12(2)16(18)13-5-4-6-14(17)11-13/h4-6,11-12,16H,3,7-10H2,1-2H3/t12-,16-/m1/s1. The van der Waals surface area contributed by atoms with Crippen LogP contribution in [0.15, 0.2) is 24.3 Å². The zero-order valence-corrected chi connectivity index (χ0v) is 12.1. The lowest BCUT2D eigenvalue weighted by atomic mass is 9.95. The average Bonchev–Trinajstić information content (AvgIpc) is 2.81. The summed E-state index contributed by atoms with van der Waals surface area (Å²) >= 11 is 0. The lowest BCUT2D eigenvalue weighted by Crippen LogP contribution is -2.32. The van der Waals surface area contributed by atoms with Gasteiger partial charge >= 0.3 is 0 Å². The number of hydrogen-bond acceptors (Lipinski definition) is 2. The van der Waals surface area contributed by atoms with E-state index in [2.05, 4.69) is 6.92 Å². The van der Waals surface area contributed by atoms with Crippen LogP contribution in [0, 0.1) is 11.7 Å². The lowest BCUT2D eigenvalue weighted by molar-refractivity contribution is -0.133. The van der Waals surface area contributed by atoms with Gasteiger partial charge in [-0.05, 0) is 37.0 Å². The Kier molecular flexibility index (Phi) is 5.12. The second-order valence-electron chi connectivity index (χ2n) is 5.30. The monoisotopic (exact) mass is 279 g/mol. The van der Waals surface area contributed by atoms with Crippen LogP contribution in [-0.2, 0) is 9.53 Å². The quantitative estimate of drug-likeness (QED) is 0.775. The number of benzene rings is 1. The van der Waals surface area contributed by atoms with E-state index in [0.29, 0.717) is 25.6 Å². The largest absolute Gasteiger partial charge is 0.381 e. The Hall–Kier alpha value is -1.42. The molecular weight excluding hydrogens is 257 g/mol. The van der Waals surface area contributed by atoms with Gasteiger partial charge in [0.05, 0.1) is 19.1 Å². The van der Waals surface area contributed by atoms with Crippen molar-refractivity contribution < 1.29 is 13.9 Å². The van der Waals surface area contributed by atoms with E-state index in [4.69, 9.17) is 4.74 Å². The lowest BCUT2D eigenvalue weighted by Gasteiger charge is -2.27. The van der Waals surface area contributed by atoms with Crippen molar-refractivity contribution in [3.05, 3.63) is 35.6 Å². The predicted molar refractivity (Wildman–Crippen MR) is 75.7 cm³/mol. The number of amides is 1. The number of carbonyl (C=O) groups excluding carboxylic acids is 1. The van der Waals surface area contributed by atoms with Crippen molar-refractivity contribution in [1.29, 1.82) is 0 Å². The maximum Gasteiger partial charge on any atom is 0.225 e. The summed E-state index contributed by atoms with van der Waals surface area (Å²) in [5, 5.41) is 0. The van der Waals surface area contributed by atoms with E-state index < -0.39 is 0 Å². The van der Waals surface area contributed by atoms with Gasteiger partial charge in [0.1, 0.15) is 5.82 Å². The molecule has 0 spiro atoms. The second kappa shape index (κ2) is 6.84. The third-order valence-electron chi connectivity index (χ3n) is 3.88. The Bertz CT molecular complexity index is 464. The Morgan fingerprint density at radius 2 is 2.30 bits per heavy atom. The topological polar surface area (TPSA) is 29.5 Å². The second-order valence-corrected chi connectivity index (χ2v) is 5.30. The number of likely N-dealkylation sites (tertiary alicyclic amines) is 1. The molecule has 2 rings (SSSR count). The normalized spacial score (nSPS) is 22.2. The van der Waals surface area contributed by atoms with Crippen molar-refractivity contribution >= 4 is 5.91 Å². The molecular formula is C16H22FNO2. The van der Waals surface area contributed by atoms with Gasteiger partial charge in [-0.1, -0.05) is 19.1 Å². The van der Waals surface area contributed by atoms with Gasteiger partial charge < -0.3 is 9.64 Å². The fraction of sp³-hybridized carbons (Fsp3) is 0.562. The average molecular weight is 279 g/mol. The van der Waals surface area contributed by atoms with Crippen molar-refractivity contribution in [1.82, 2.24) is 4.90 Å². The fourth-order valence-corrected chi connectivity index (χ4v) is 2.87.